The standard InChI is InChI=1S/C17H20N2O3S2/c1-12-2-4-17(5-3-12)24(21,22)19-18-15-8-14(9-16(20)10-15)13-6-7-23-11-13/h2-7,11,14-15,18-19H,8-10H2,1H3. The minimum atomic E-state index is -3.64. The predicted octanol–water partition coefficient (Wildman–Crippen LogP) is 2.74. The lowest BCUT2D eigenvalue weighted by molar-refractivity contribution is -0.121. The minimum Gasteiger partial charge on any atom is -0.300 e. The Labute approximate surface area is 146 Å². The number of sulfonamides is 1. The molecule has 0 radical (unpaired) electrons. The molecule has 1 aliphatic rings. The SMILES string of the molecule is Cc1ccc(S(=O)(=O)NNC2CC(=O)CC(c3ccsc3)C2)cc1. The smallest absolute Gasteiger partial charge is 0.253 e. The molecular weight excluding hydrogens is 344 g/mol. The molecule has 5 nitrogen and oxygen atoms in total. The molecule has 1 heterocycles. The lowest BCUT2D eigenvalue weighted by atomic mass is 9.82. The summed E-state index contributed by atoms with van der Waals surface area (Å²) in [6, 6.07) is 8.48. The molecule has 128 valence electrons. The molecule has 2 atom stereocenters. The number of carbonyl (C=O) groups excluding carboxylic acids is 1. The summed E-state index contributed by atoms with van der Waals surface area (Å²) in [6.45, 7) is 1.90. The maximum atomic E-state index is 12.3. The van der Waals surface area contributed by atoms with Gasteiger partial charge in [-0.1, -0.05) is 17.7 Å². The second-order valence-corrected chi connectivity index (χ2v) is 8.66. The van der Waals surface area contributed by atoms with Crippen LogP contribution in [0, 0.1) is 6.92 Å². The van der Waals surface area contributed by atoms with E-state index in [2.05, 4.69) is 15.6 Å². The number of benzene rings is 1. The third kappa shape index (κ3) is 4.10. The van der Waals surface area contributed by atoms with Crippen LogP contribution in [0.5, 0.6) is 0 Å². The first-order chi connectivity index (χ1) is 11.4. The first kappa shape index (κ1) is 17.3. The van der Waals surface area contributed by atoms with Crippen molar-refractivity contribution in [3.05, 3.63) is 52.2 Å². The van der Waals surface area contributed by atoms with Crippen LogP contribution in [0.15, 0.2) is 46.0 Å². The van der Waals surface area contributed by atoms with Crippen molar-refractivity contribution in [2.24, 2.45) is 0 Å². The fourth-order valence-electron chi connectivity index (χ4n) is 2.95. The minimum absolute atomic E-state index is 0.152. The molecule has 0 spiro atoms. The van der Waals surface area contributed by atoms with E-state index in [4.69, 9.17) is 0 Å². The van der Waals surface area contributed by atoms with Crippen LogP contribution in [0.2, 0.25) is 0 Å². The van der Waals surface area contributed by atoms with E-state index in [9.17, 15) is 13.2 Å². The molecule has 1 aliphatic carbocycles. The number of Topliss-reactive ketones (excluding diaryl/α,β-unsaturated/α-hetero) is 1. The molecule has 1 aromatic carbocycles. The Balaban J connectivity index is 1.65. The van der Waals surface area contributed by atoms with Gasteiger partial charge in [0.15, 0.2) is 0 Å². The number of rotatable bonds is 5. The number of hydrazine groups is 1. The zero-order valence-corrected chi connectivity index (χ0v) is 15.0. The molecule has 1 aromatic heterocycles. The van der Waals surface area contributed by atoms with Gasteiger partial charge in [-0.3, -0.25) is 4.79 Å². The molecule has 2 aromatic rings. The fraction of sp³-hybridized carbons (Fsp3) is 0.353. The van der Waals surface area contributed by atoms with Crippen LogP contribution in [0.4, 0.5) is 0 Å². The maximum absolute atomic E-state index is 12.3. The van der Waals surface area contributed by atoms with Gasteiger partial charge in [0.05, 0.1) is 4.90 Å². The summed E-state index contributed by atoms with van der Waals surface area (Å²) in [4.78, 5) is 14.6. The van der Waals surface area contributed by atoms with Crippen LogP contribution in [-0.4, -0.2) is 20.2 Å². The second kappa shape index (κ2) is 7.14. The summed E-state index contributed by atoms with van der Waals surface area (Å²) >= 11 is 1.61. The van der Waals surface area contributed by atoms with E-state index < -0.39 is 10.0 Å². The van der Waals surface area contributed by atoms with Crippen molar-refractivity contribution in [2.45, 2.75) is 43.0 Å². The van der Waals surface area contributed by atoms with Crippen LogP contribution in [-0.2, 0) is 14.8 Å². The maximum Gasteiger partial charge on any atom is 0.253 e. The van der Waals surface area contributed by atoms with Gasteiger partial charge in [0, 0.05) is 18.9 Å². The number of hydrogen-bond donors (Lipinski definition) is 2. The Morgan fingerprint density at radius 2 is 1.88 bits per heavy atom. The molecule has 0 bridgehead atoms. The van der Waals surface area contributed by atoms with Gasteiger partial charge in [-0.05, 0) is 53.8 Å². The van der Waals surface area contributed by atoms with Crippen LogP contribution in [0.3, 0.4) is 0 Å². The van der Waals surface area contributed by atoms with E-state index >= 15 is 0 Å². The van der Waals surface area contributed by atoms with E-state index in [1.165, 1.54) is 0 Å². The number of aryl methyl sites for hydroxylation is 1. The molecule has 0 amide bonds. The van der Waals surface area contributed by atoms with Gasteiger partial charge in [-0.2, -0.15) is 11.3 Å². The summed E-state index contributed by atoms with van der Waals surface area (Å²) in [5.74, 6) is 0.309. The third-order valence-electron chi connectivity index (χ3n) is 4.26. The topological polar surface area (TPSA) is 75.3 Å². The molecule has 3 rings (SSSR count). The Kier molecular flexibility index (Phi) is 5.15. The molecule has 24 heavy (non-hydrogen) atoms. The highest BCUT2D eigenvalue weighted by Crippen LogP contribution is 2.32. The van der Waals surface area contributed by atoms with Crippen LogP contribution >= 0.6 is 11.3 Å². The summed E-state index contributed by atoms with van der Waals surface area (Å²) < 4.78 is 24.6. The zero-order valence-electron chi connectivity index (χ0n) is 13.4. The van der Waals surface area contributed by atoms with Crippen molar-refractivity contribution in [3.8, 4) is 0 Å². The van der Waals surface area contributed by atoms with E-state index in [0.717, 1.165) is 17.5 Å². The highest BCUT2D eigenvalue weighted by atomic mass is 32.2. The Hall–Kier alpha value is -1.54. The quantitative estimate of drug-likeness (QED) is 0.800. The van der Waals surface area contributed by atoms with Crippen LogP contribution in [0.25, 0.3) is 0 Å². The third-order valence-corrected chi connectivity index (χ3v) is 6.24. The van der Waals surface area contributed by atoms with Gasteiger partial charge in [0.1, 0.15) is 5.78 Å². The highest BCUT2D eigenvalue weighted by Gasteiger charge is 2.29. The largest absolute Gasteiger partial charge is 0.300 e. The number of carbonyl (C=O) groups is 1. The van der Waals surface area contributed by atoms with Gasteiger partial charge in [-0.15, -0.1) is 4.83 Å². The first-order valence-electron chi connectivity index (χ1n) is 7.82. The lowest BCUT2D eigenvalue weighted by Gasteiger charge is -2.28. The van der Waals surface area contributed by atoms with E-state index in [1.807, 2.05) is 18.4 Å². The van der Waals surface area contributed by atoms with Crippen molar-refractivity contribution in [1.82, 2.24) is 10.3 Å². The molecule has 7 heteroatoms. The average molecular weight is 364 g/mol. The molecule has 1 saturated carbocycles. The molecule has 2 unspecified atom stereocenters. The average Bonchev–Trinajstić information content (AvgIpc) is 3.07. The highest BCUT2D eigenvalue weighted by molar-refractivity contribution is 7.89. The number of nitrogens with one attached hydrogen (secondary N) is 2. The van der Waals surface area contributed by atoms with Crippen molar-refractivity contribution in [1.29, 1.82) is 0 Å². The Morgan fingerprint density at radius 3 is 2.54 bits per heavy atom. The van der Waals surface area contributed by atoms with E-state index in [-0.39, 0.29) is 22.6 Å². The van der Waals surface area contributed by atoms with Gasteiger partial charge in [0.25, 0.3) is 10.0 Å². The molecule has 2 N–H and O–H groups in total. The monoisotopic (exact) mass is 364 g/mol. The van der Waals surface area contributed by atoms with Crippen LogP contribution < -0.4 is 10.3 Å². The summed E-state index contributed by atoms with van der Waals surface area (Å²) in [7, 11) is -3.64. The zero-order chi connectivity index (χ0) is 17.2. The fourth-order valence-corrected chi connectivity index (χ4v) is 4.63. The number of thiophene rings is 1. The summed E-state index contributed by atoms with van der Waals surface area (Å²) in [6.07, 6.45) is 1.61. The van der Waals surface area contributed by atoms with Gasteiger partial charge >= 0.3 is 0 Å². The normalized spacial score (nSPS) is 21.8. The Bertz CT molecular complexity index is 799. The van der Waals surface area contributed by atoms with Crippen molar-refractivity contribution < 1.29 is 13.2 Å². The van der Waals surface area contributed by atoms with Crippen molar-refractivity contribution >= 4 is 27.1 Å². The van der Waals surface area contributed by atoms with E-state index in [1.54, 1.807) is 35.6 Å². The first-order valence-corrected chi connectivity index (χ1v) is 10.2. The molecule has 1 fully saturated rings. The summed E-state index contributed by atoms with van der Waals surface area (Å²) in [5, 5.41) is 4.05. The number of hydrogen-bond acceptors (Lipinski definition) is 5. The predicted molar refractivity (Wildman–Crippen MR) is 94.3 cm³/mol. The Morgan fingerprint density at radius 1 is 1.12 bits per heavy atom. The number of ketones is 1. The van der Waals surface area contributed by atoms with Crippen molar-refractivity contribution in [3.63, 3.8) is 0 Å². The summed E-state index contributed by atoms with van der Waals surface area (Å²) in [5.41, 5.74) is 4.99. The van der Waals surface area contributed by atoms with Gasteiger partial charge in [-0.25, -0.2) is 13.8 Å². The molecular formula is C17H20N2O3S2. The molecule has 0 aliphatic heterocycles. The lowest BCUT2D eigenvalue weighted by Crippen LogP contribution is -2.47. The van der Waals surface area contributed by atoms with Crippen LogP contribution in [0.1, 0.15) is 36.3 Å². The molecule has 0 saturated heterocycles. The van der Waals surface area contributed by atoms with Gasteiger partial charge in [0.2, 0.25) is 0 Å². The van der Waals surface area contributed by atoms with Gasteiger partial charge < -0.3 is 0 Å². The van der Waals surface area contributed by atoms with E-state index in [0.29, 0.717) is 12.8 Å². The van der Waals surface area contributed by atoms with Crippen molar-refractivity contribution in [2.75, 3.05) is 0 Å². The second-order valence-electron chi connectivity index (χ2n) is 6.20.